The van der Waals surface area contributed by atoms with E-state index < -0.39 is 17.7 Å². The van der Waals surface area contributed by atoms with Gasteiger partial charge in [0.1, 0.15) is 5.01 Å². The molecule has 0 bridgehead atoms. The van der Waals surface area contributed by atoms with Crippen LogP contribution in [-0.2, 0) is 10.9 Å². The average molecular weight is 503 g/mol. The number of ether oxygens (including phenoxy) is 1. The molecule has 0 aliphatic heterocycles. The highest BCUT2D eigenvalue weighted by Crippen LogP contribution is 2.38. The summed E-state index contributed by atoms with van der Waals surface area (Å²) in [6.07, 6.45) is 1.75. The molecule has 0 aliphatic carbocycles. The molecule has 35 heavy (non-hydrogen) atoms. The number of alkyl halides is 3. The number of halogens is 3. The van der Waals surface area contributed by atoms with E-state index in [1.54, 1.807) is 12.5 Å². The molecular weight excluding hydrogens is 477 g/mol. The number of imidazole rings is 1. The van der Waals surface area contributed by atoms with Crippen LogP contribution < -0.4 is 0 Å². The maximum atomic E-state index is 13.5. The minimum absolute atomic E-state index is 0.00747. The number of carbonyl (C=O) groups excluding carboxylic acids is 1. The van der Waals surface area contributed by atoms with E-state index in [1.807, 2.05) is 38.5 Å². The first-order valence-corrected chi connectivity index (χ1v) is 11.8. The van der Waals surface area contributed by atoms with Crippen LogP contribution >= 0.6 is 11.3 Å². The summed E-state index contributed by atoms with van der Waals surface area (Å²) in [6, 6.07) is 9.28. The summed E-state index contributed by atoms with van der Waals surface area (Å²) < 4.78 is 48.1. The zero-order valence-electron chi connectivity index (χ0n) is 19.7. The summed E-state index contributed by atoms with van der Waals surface area (Å²) in [5.41, 5.74) is 0.842. The third-order valence-corrected chi connectivity index (χ3v) is 7.04. The van der Waals surface area contributed by atoms with Gasteiger partial charge in [-0.1, -0.05) is 13.0 Å². The molecule has 184 valence electrons. The van der Waals surface area contributed by atoms with E-state index in [9.17, 15) is 18.0 Å². The van der Waals surface area contributed by atoms with Crippen molar-refractivity contribution in [2.24, 2.45) is 0 Å². The SMILES string of the molecule is CCC(C(c1ccc2nc(-c3cc(C(=O)OC)cc(C(F)(F)F)c3)sc2c1)n1ccnc1)N(C)C. The molecule has 0 fully saturated rings. The molecule has 0 saturated carbocycles. The van der Waals surface area contributed by atoms with Gasteiger partial charge in [0.25, 0.3) is 0 Å². The number of aromatic nitrogens is 3. The van der Waals surface area contributed by atoms with Crippen LogP contribution in [0.3, 0.4) is 0 Å². The van der Waals surface area contributed by atoms with E-state index >= 15 is 0 Å². The lowest BCUT2D eigenvalue weighted by Gasteiger charge is -2.33. The van der Waals surface area contributed by atoms with Crippen LogP contribution in [0.5, 0.6) is 0 Å². The average Bonchev–Trinajstić information content (AvgIpc) is 3.50. The van der Waals surface area contributed by atoms with Crippen LogP contribution in [0.4, 0.5) is 13.2 Å². The standard InChI is InChI=1S/C25H25F3N4O2S/c1-5-20(31(2)3)22(32-9-8-29-14-32)15-6-7-19-21(13-15)35-23(30-19)16-10-17(24(33)34-4)12-18(11-16)25(26,27)28/h6-14,20,22H,5H2,1-4H3. The minimum atomic E-state index is -4.61. The number of nitrogens with zero attached hydrogens (tertiary/aromatic N) is 4. The van der Waals surface area contributed by atoms with Gasteiger partial charge >= 0.3 is 12.1 Å². The molecule has 0 amide bonds. The zero-order valence-corrected chi connectivity index (χ0v) is 20.5. The molecule has 0 spiro atoms. The Morgan fingerprint density at radius 1 is 1.20 bits per heavy atom. The van der Waals surface area contributed by atoms with Gasteiger partial charge < -0.3 is 14.2 Å². The number of hydrogen-bond donors (Lipinski definition) is 0. The molecule has 4 rings (SSSR count). The van der Waals surface area contributed by atoms with Crippen LogP contribution in [0.2, 0.25) is 0 Å². The Hall–Kier alpha value is -3.24. The van der Waals surface area contributed by atoms with Crippen molar-refractivity contribution in [3.63, 3.8) is 0 Å². The fourth-order valence-electron chi connectivity index (χ4n) is 4.30. The Morgan fingerprint density at radius 2 is 1.97 bits per heavy atom. The van der Waals surface area contributed by atoms with E-state index in [4.69, 9.17) is 0 Å². The first-order valence-electron chi connectivity index (χ1n) is 11.0. The number of carbonyl (C=O) groups is 1. The molecule has 2 unspecified atom stereocenters. The van der Waals surface area contributed by atoms with E-state index in [-0.39, 0.29) is 23.2 Å². The monoisotopic (exact) mass is 502 g/mol. The fraction of sp³-hybridized carbons (Fsp3) is 0.320. The predicted octanol–water partition coefficient (Wildman–Crippen LogP) is 5.89. The Labute approximate surface area is 205 Å². The highest BCUT2D eigenvalue weighted by atomic mass is 32.1. The van der Waals surface area contributed by atoms with Crippen molar-refractivity contribution in [3.8, 4) is 10.6 Å². The normalized spacial score (nSPS) is 13.8. The molecule has 2 heterocycles. The molecule has 0 aliphatic rings. The second kappa shape index (κ2) is 9.79. The highest BCUT2D eigenvalue weighted by Gasteiger charge is 2.32. The first kappa shape index (κ1) is 24.9. The zero-order chi connectivity index (χ0) is 25.3. The highest BCUT2D eigenvalue weighted by molar-refractivity contribution is 7.21. The molecule has 2 aromatic heterocycles. The number of methoxy groups -OCH3 is 1. The van der Waals surface area contributed by atoms with E-state index in [0.29, 0.717) is 10.5 Å². The Kier molecular flexibility index (Phi) is 6.95. The Morgan fingerprint density at radius 3 is 2.57 bits per heavy atom. The molecule has 0 saturated heterocycles. The third-order valence-electron chi connectivity index (χ3n) is 5.97. The van der Waals surface area contributed by atoms with Gasteiger partial charge in [-0.05, 0) is 56.4 Å². The lowest BCUT2D eigenvalue weighted by molar-refractivity contribution is -0.137. The van der Waals surface area contributed by atoms with Crippen molar-refractivity contribution in [3.05, 3.63) is 71.8 Å². The van der Waals surface area contributed by atoms with E-state index in [0.717, 1.165) is 35.9 Å². The van der Waals surface area contributed by atoms with Crippen molar-refractivity contribution < 1.29 is 22.7 Å². The van der Waals surface area contributed by atoms with Crippen LogP contribution in [0.15, 0.2) is 55.1 Å². The van der Waals surface area contributed by atoms with Gasteiger partial charge in [0.05, 0.1) is 40.8 Å². The van der Waals surface area contributed by atoms with Crippen molar-refractivity contribution in [2.45, 2.75) is 31.6 Å². The van der Waals surface area contributed by atoms with Crippen molar-refractivity contribution in [2.75, 3.05) is 21.2 Å². The topological polar surface area (TPSA) is 60.2 Å². The molecule has 0 N–H and O–H groups in total. The summed E-state index contributed by atoms with van der Waals surface area (Å²) >= 11 is 1.29. The number of fused-ring (bicyclic) bond motifs is 1. The van der Waals surface area contributed by atoms with Gasteiger partial charge in [-0.15, -0.1) is 11.3 Å². The van der Waals surface area contributed by atoms with E-state index in [2.05, 4.69) is 31.1 Å². The molecule has 4 aromatic rings. The molecule has 6 nitrogen and oxygen atoms in total. The van der Waals surface area contributed by atoms with Gasteiger partial charge in [-0.2, -0.15) is 13.2 Å². The third kappa shape index (κ3) is 5.08. The number of hydrogen-bond acceptors (Lipinski definition) is 6. The lowest BCUT2D eigenvalue weighted by atomic mass is 9.96. The van der Waals surface area contributed by atoms with Crippen molar-refractivity contribution in [1.82, 2.24) is 19.4 Å². The second-order valence-electron chi connectivity index (χ2n) is 8.43. The van der Waals surface area contributed by atoms with Crippen molar-refractivity contribution >= 4 is 27.5 Å². The second-order valence-corrected chi connectivity index (χ2v) is 9.46. The Balaban J connectivity index is 1.81. The fourth-order valence-corrected chi connectivity index (χ4v) is 5.30. The van der Waals surface area contributed by atoms with Gasteiger partial charge in [0.15, 0.2) is 0 Å². The first-order chi connectivity index (χ1) is 16.6. The number of benzene rings is 2. The summed E-state index contributed by atoms with van der Waals surface area (Å²) in [5.74, 6) is -0.835. The molecule has 0 radical (unpaired) electrons. The van der Waals surface area contributed by atoms with Crippen molar-refractivity contribution in [1.29, 1.82) is 0 Å². The van der Waals surface area contributed by atoms with Crippen LogP contribution in [0.1, 0.15) is 40.9 Å². The van der Waals surface area contributed by atoms with Crippen LogP contribution in [-0.4, -0.2) is 52.7 Å². The number of thiazole rings is 1. The molecule has 10 heteroatoms. The molecular formula is C25H25F3N4O2S. The molecule has 2 aromatic carbocycles. The van der Waals surface area contributed by atoms with Gasteiger partial charge in [0, 0.05) is 24.0 Å². The Bertz CT molecular complexity index is 1330. The molecule has 2 atom stereocenters. The smallest absolute Gasteiger partial charge is 0.416 e. The number of esters is 1. The van der Waals surface area contributed by atoms with Crippen LogP contribution in [0.25, 0.3) is 20.8 Å². The summed E-state index contributed by atoms with van der Waals surface area (Å²) in [7, 11) is 5.21. The largest absolute Gasteiger partial charge is 0.465 e. The lowest BCUT2D eigenvalue weighted by Crippen LogP contribution is -2.36. The van der Waals surface area contributed by atoms with Gasteiger partial charge in [0.2, 0.25) is 0 Å². The summed E-state index contributed by atoms with van der Waals surface area (Å²) in [6.45, 7) is 2.13. The minimum Gasteiger partial charge on any atom is -0.465 e. The van der Waals surface area contributed by atoms with E-state index in [1.165, 1.54) is 17.4 Å². The summed E-state index contributed by atoms with van der Waals surface area (Å²) in [4.78, 5) is 23.0. The maximum absolute atomic E-state index is 13.5. The maximum Gasteiger partial charge on any atom is 0.416 e. The number of likely N-dealkylation sites (N-methyl/N-ethyl adjacent to an activating group) is 1. The predicted molar refractivity (Wildman–Crippen MR) is 130 cm³/mol. The summed E-state index contributed by atoms with van der Waals surface area (Å²) in [5, 5.41) is 0.396. The quantitative estimate of drug-likeness (QED) is 0.295. The van der Waals surface area contributed by atoms with Crippen LogP contribution in [0, 0.1) is 0 Å². The van der Waals surface area contributed by atoms with Gasteiger partial charge in [-0.3, -0.25) is 0 Å². The van der Waals surface area contributed by atoms with Gasteiger partial charge in [-0.25, -0.2) is 14.8 Å². The number of rotatable bonds is 7.